The number of hydrogen-bond donors (Lipinski definition) is 1. The Hall–Kier alpha value is -0.120. The van der Waals surface area contributed by atoms with Crippen molar-refractivity contribution in [2.45, 2.75) is 143 Å². The minimum atomic E-state index is 0.492. The van der Waals surface area contributed by atoms with Gasteiger partial charge in [0.2, 0.25) is 0 Å². The van der Waals surface area contributed by atoms with E-state index < -0.39 is 0 Å². The second kappa shape index (κ2) is 20.6. The molecular weight excluding hydrogens is 336 g/mol. The molecule has 27 heavy (non-hydrogen) atoms. The number of hydrogen-bond acceptors (Lipinski definition) is 3. The van der Waals surface area contributed by atoms with E-state index in [4.69, 9.17) is 5.26 Å². The summed E-state index contributed by atoms with van der Waals surface area (Å²) in [7, 11) is 0. The van der Waals surface area contributed by atoms with Crippen molar-refractivity contribution in [3.8, 4) is 0 Å². The fourth-order valence-electron chi connectivity index (χ4n) is 4.34. The number of rotatable bonds is 22. The van der Waals surface area contributed by atoms with Gasteiger partial charge in [-0.3, -0.25) is 0 Å². The van der Waals surface area contributed by atoms with Gasteiger partial charge in [-0.05, 0) is 37.5 Å². The van der Waals surface area contributed by atoms with Crippen LogP contribution in [0.15, 0.2) is 0 Å². The second-order valence-corrected chi connectivity index (χ2v) is 8.64. The lowest BCUT2D eigenvalue weighted by molar-refractivity contribution is -0.490. The Balaban J connectivity index is 3.89. The summed E-state index contributed by atoms with van der Waals surface area (Å²) in [6, 6.07) is 0. The fraction of sp³-hybridized carbons (Fsp3) is 1.00. The van der Waals surface area contributed by atoms with E-state index in [1.807, 2.05) is 0 Å². The molecule has 0 saturated carbocycles. The molecule has 164 valence electrons. The predicted molar refractivity (Wildman–Crippen MR) is 117 cm³/mol. The molecule has 1 N–H and O–H groups in total. The van der Waals surface area contributed by atoms with Crippen LogP contribution in [-0.4, -0.2) is 11.9 Å². The lowest BCUT2D eigenvalue weighted by atomic mass is 9.71. The largest absolute Gasteiger partial charge is 0.221 e. The predicted octanol–water partition coefficient (Wildman–Crippen LogP) is 8.87. The summed E-state index contributed by atoms with van der Waals surface area (Å²) in [6.07, 6.45) is 25.9. The Bertz CT molecular complexity index is 259. The van der Waals surface area contributed by atoms with E-state index in [1.165, 1.54) is 109 Å². The SMILES string of the molecule is CCCCC(CCCC)(CCCC)CCCCCCCCCCCOOO. The molecule has 0 saturated heterocycles. The first-order valence-corrected chi connectivity index (χ1v) is 12.2. The van der Waals surface area contributed by atoms with Crippen molar-refractivity contribution in [1.29, 1.82) is 0 Å². The van der Waals surface area contributed by atoms with Crippen molar-refractivity contribution in [3.63, 3.8) is 0 Å². The minimum absolute atomic E-state index is 0.492. The van der Waals surface area contributed by atoms with Gasteiger partial charge in [-0.25, -0.2) is 10.1 Å². The zero-order chi connectivity index (χ0) is 20.1. The lowest BCUT2D eigenvalue weighted by Crippen LogP contribution is -2.21. The average molecular weight is 387 g/mol. The molecule has 0 bridgehead atoms. The number of unbranched alkanes of at least 4 members (excludes halogenated alkanes) is 11. The van der Waals surface area contributed by atoms with Crippen LogP contribution in [0.4, 0.5) is 0 Å². The Morgan fingerprint density at radius 1 is 0.519 bits per heavy atom. The topological polar surface area (TPSA) is 38.7 Å². The van der Waals surface area contributed by atoms with Gasteiger partial charge in [0.15, 0.2) is 0 Å². The van der Waals surface area contributed by atoms with E-state index in [0.717, 1.165) is 12.8 Å². The van der Waals surface area contributed by atoms with Crippen LogP contribution in [0.3, 0.4) is 0 Å². The van der Waals surface area contributed by atoms with Gasteiger partial charge in [-0.1, -0.05) is 116 Å². The maximum Gasteiger partial charge on any atom is 0.0853 e. The van der Waals surface area contributed by atoms with E-state index in [1.54, 1.807) is 0 Å². The molecule has 0 radical (unpaired) electrons. The third-order valence-electron chi connectivity index (χ3n) is 6.17. The highest BCUT2D eigenvalue weighted by Crippen LogP contribution is 2.41. The summed E-state index contributed by atoms with van der Waals surface area (Å²) in [4.78, 5) is 4.46. The third kappa shape index (κ3) is 16.5. The van der Waals surface area contributed by atoms with Crippen molar-refractivity contribution in [3.05, 3.63) is 0 Å². The van der Waals surface area contributed by atoms with Crippen molar-refractivity contribution in [1.82, 2.24) is 0 Å². The maximum absolute atomic E-state index is 8.07. The van der Waals surface area contributed by atoms with E-state index >= 15 is 0 Å². The molecule has 0 aromatic heterocycles. The van der Waals surface area contributed by atoms with Gasteiger partial charge in [0.25, 0.3) is 0 Å². The lowest BCUT2D eigenvalue weighted by Gasteiger charge is -2.35. The Morgan fingerprint density at radius 3 is 1.30 bits per heavy atom. The summed E-state index contributed by atoms with van der Waals surface area (Å²) in [5, 5.41) is 11.7. The van der Waals surface area contributed by atoms with Crippen molar-refractivity contribution in [2.75, 3.05) is 6.61 Å². The van der Waals surface area contributed by atoms with Gasteiger partial charge in [-0.2, -0.15) is 0 Å². The standard InChI is InChI=1S/C24H50O3/c1-4-7-19-24(20-8-5-2,21-9-6-3)22-17-15-13-11-10-12-14-16-18-23-26-27-25/h25H,4-23H2,1-3H3. The smallest absolute Gasteiger partial charge is 0.0853 e. The Morgan fingerprint density at radius 2 is 0.889 bits per heavy atom. The van der Waals surface area contributed by atoms with E-state index in [0.29, 0.717) is 12.0 Å². The van der Waals surface area contributed by atoms with Crippen LogP contribution in [0.1, 0.15) is 143 Å². The van der Waals surface area contributed by atoms with Gasteiger partial charge in [0, 0.05) is 0 Å². The molecule has 0 fully saturated rings. The van der Waals surface area contributed by atoms with Gasteiger partial charge in [0.1, 0.15) is 0 Å². The molecule has 0 aliphatic rings. The van der Waals surface area contributed by atoms with Crippen molar-refractivity contribution >= 4 is 0 Å². The van der Waals surface area contributed by atoms with Gasteiger partial charge >= 0.3 is 0 Å². The monoisotopic (exact) mass is 386 g/mol. The first-order chi connectivity index (χ1) is 13.2. The summed E-state index contributed by atoms with van der Waals surface area (Å²) in [6.45, 7) is 7.53. The molecule has 0 atom stereocenters. The molecule has 0 aliphatic heterocycles. The molecule has 0 unspecified atom stereocenters. The van der Waals surface area contributed by atoms with Crippen molar-refractivity contribution in [2.24, 2.45) is 5.41 Å². The quantitative estimate of drug-likeness (QED) is 0.115. The third-order valence-corrected chi connectivity index (χ3v) is 6.17. The van der Waals surface area contributed by atoms with Crippen LogP contribution < -0.4 is 0 Å². The first-order valence-electron chi connectivity index (χ1n) is 12.2. The highest BCUT2D eigenvalue weighted by molar-refractivity contribution is 4.79. The average Bonchev–Trinajstić information content (AvgIpc) is 2.69. The molecule has 0 amide bonds. The normalized spacial score (nSPS) is 12.0. The van der Waals surface area contributed by atoms with E-state index in [9.17, 15) is 0 Å². The van der Waals surface area contributed by atoms with Crippen LogP contribution >= 0.6 is 0 Å². The summed E-state index contributed by atoms with van der Waals surface area (Å²) < 4.78 is 0. The van der Waals surface area contributed by atoms with Crippen LogP contribution in [-0.2, 0) is 9.93 Å². The minimum Gasteiger partial charge on any atom is -0.221 e. The van der Waals surface area contributed by atoms with Crippen LogP contribution in [0, 0.1) is 5.41 Å². The summed E-state index contributed by atoms with van der Waals surface area (Å²) in [5.41, 5.74) is 0.655. The van der Waals surface area contributed by atoms with E-state index in [2.05, 4.69) is 30.7 Å². The fourth-order valence-corrected chi connectivity index (χ4v) is 4.34. The zero-order valence-electron chi connectivity index (χ0n) is 18.9. The summed E-state index contributed by atoms with van der Waals surface area (Å²) in [5.74, 6) is 0. The molecule has 0 aromatic rings. The molecule has 0 aliphatic carbocycles. The van der Waals surface area contributed by atoms with Crippen LogP contribution in [0.5, 0.6) is 0 Å². The summed E-state index contributed by atoms with van der Waals surface area (Å²) >= 11 is 0. The van der Waals surface area contributed by atoms with E-state index in [-0.39, 0.29) is 0 Å². The molecule has 0 aromatic carbocycles. The molecule has 0 rings (SSSR count). The molecule has 0 spiro atoms. The maximum atomic E-state index is 8.07. The molecule has 3 heteroatoms. The van der Waals surface area contributed by atoms with Gasteiger partial charge < -0.3 is 0 Å². The van der Waals surface area contributed by atoms with Crippen LogP contribution in [0.25, 0.3) is 0 Å². The van der Waals surface area contributed by atoms with Gasteiger partial charge in [0.05, 0.1) is 6.61 Å². The highest BCUT2D eigenvalue weighted by Gasteiger charge is 2.27. The second-order valence-electron chi connectivity index (χ2n) is 8.64. The molecular formula is C24H50O3. The Kier molecular flexibility index (Phi) is 20.5. The molecule has 3 nitrogen and oxygen atoms in total. The zero-order valence-corrected chi connectivity index (χ0v) is 18.9. The van der Waals surface area contributed by atoms with Gasteiger partial charge in [-0.15, -0.1) is 0 Å². The molecule has 0 heterocycles. The Labute approximate surface area is 170 Å². The van der Waals surface area contributed by atoms with Crippen molar-refractivity contribution < 1.29 is 15.2 Å². The van der Waals surface area contributed by atoms with Crippen LogP contribution in [0.2, 0.25) is 0 Å². The highest BCUT2D eigenvalue weighted by atomic mass is 17.5. The first kappa shape index (κ1) is 26.9.